The SMILES string of the molecule is CCCCCCn1nc(C(=O)Oc2ccc([N+](=O)[O-])cc2)c2ccccc2c1=O. The van der Waals surface area contributed by atoms with Crippen molar-refractivity contribution >= 4 is 22.4 Å². The third kappa shape index (κ3) is 4.66. The molecule has 1 aromatic heterocycles. The molecule has 0 aliphatic carbocycles. The van der Waals surface area contributed by atoms with Gasteiger partial charge in [0.25, 0.3) is 11.2 Å². The first-order valence-electron chi connectivity index (χ1n) is 9.47. The summed E-state index contributed by atoms with van der Waals surface area (Å²) in [6, 6.07) is 12.0. The number of aromatic nitrogens is 2. The van der Waals surface area contributed by atoms with E-state index in [0.717, 1.165) is 25.7 Å². The van der Waals surface area contributed by atoms with Gasteiger partial charge in [-0.3, -0.25) is 14.9 Å². The normalized spacial score (nSPS) is 10.8. The van der Waals surface area contributed by atoms with E-state index < -0.39 is 10.9 Å². The van der Waals surface area contributed by atoms with Crippen LogP contribution in [0.1, 0.15) is 43.1 Å². The largest absolute Gasteiger partial charge is 0.422 e. The highest BCUT2D eigenvalue weighted by molar-refractivity contribution is 6.02. The molecule has 0 N–H and O–H groups in total. The van der Waals surface area contributed by atoms with Crippen LogP contribution in [0.15, 0.2) is 53.3 Å². The maximum Gasteiger partial charge on any atom is 0.364 e. The van der Waals surface area contributed by atoms with Gasteiger partial charge < -0.3 is 4.74 Å². The molecule has 0 radical (unpaired) electrons. The van der Waals surface area contributed by atoms with Crippen LogP contribution in [0.4, 0.5) is 5.69 Å². The Morgan fingerprint density at radius 3 is 2.41 bits per heavy atom. The fraction of sp³-hybridized carbons (Fsp3) is 0.286. The number of carbonyl (C=O) groups excluding carboxylic acids is 1. The van der Waals surface area contributed by atoms with Crippen LogP contribution in [0.25, 0.3) is 10.8 Å². The van der Waals surface area contributed by atoms with Gasteiger partial charge in [-0.2, -0.15) is 5.10 Å². The van der Waals surface area contributed by atoms with Crippen molar-refractivity contribution in [1.82, 2.24) is 9.78 Å². The summed E-state index contributed by atoms with van der Waals surface area (Å²) in [5.74, 6) is -0.565. The zero-order chi connectivity index (χ0) is 20.8. The minimum atomic E-state index is -0.725. The van der Waals surface area contributed by atoms with Gasteiger partial charge in [-0.1, -0.05) is 44.4 Å². The summed E-state index contributed by atoms with van der Waals surface area (Å²) in [5.41, 5.74) is -0.313. The average Bonchev–Trinajstić information content (AvgIpc) is 2.73. The fourth-order valence-electron chi connectivity index (χ4n) is 3.02. The monoisotopic (exact) mass is 395 g/mol. The van der Waals surface area contributed by atoms with Gasteiger partial charge >= 0.3 is 5.97 Å². The Balaban J connectivity index is 1.92. The molecule has 0 fully saturated rings. The zero-order valence-electron chi connectivity index (χ0n) is 16.0. The molecule has 0 aliphatic rings. The summed E-state index contributed by atoms with van der Waals surface area (Å²) in [7, 11) is 0. The predicted molar refractivity (Wildman–Crippen MR) is 108 cm³/mol. The van der Waals surface area contributed by atoms with Gasteiger partial charge in [0.05, 0.1) is 10.3 Å². The van der Waals surface area contributed by atoms with E-state index in [9.17, 15) is 19.7 Å². The first-order valence-corrected chi connectivity index (χ1v) is 9.47. The topological polar surface area (TPSA) is 104 Å². The number of non-ortho nitro benzene ring substituents is 1. The quantitative estimate of drug-likeness (QED) is 0.187. The minimum Gasteiger partial charge on any atom is -0.422 e. The van der Waals surface area contributed by atoms with Gasteiger partial charge in [0.2, 0.25) is 0 Å². The smallest absolute Gasteiger partial charge is 0.364 e. The van der Waals surface area contributed by atoms with Gasteiger partial charge in [-0.25, -0.2) is 9.48 Å². The van der Waals surface area contributed by atoms with E-state index in [1.807, 2.05) is 0 Å². The lowest BCUT2D eigenvalue weighted by Gasteiger charge is -2.11. The second kappa shape index (κ2) is 9.09. The molecule has 0 amide bonds. The standard InChI is InChI=1S/C21H21N3O5/c1-2-3-4-7-14-23-20(25)18-9-6-5-8-17(18)19(22-23)21(26)29-16-12-10-15(11-13-16)24(27)28/h5-6,8-13H,2-4,7,14H2,1H3. The maximum atomic E-state index is 12.8. The number of hydrogen-bond acceptors (Lipinski definition) is 6. The third-order valence-electron chi connectivity index (χ3n) is 4.54. The number of nitrogens with zero attached hydrogens (tertiary/aromatic N) is 3. The summed E-state index contributed by atoms with van der Waals surface area (Å²) >= 11 is 0. The van der Waals surface area contributed by atoms with Gasteiger partial charge in [0.1, 0.15) is 5.75 Å². The molecule has 2 aromatic carbocycles. The van der Waals surface area contributed by atoms with E-state index in [1.165, 1.54) is 28.9 Å². The van der Waals surface area contributed by atoms with E-state index in [0.29, 0.717) is 17.3 Å². The number of rotatable bonds is 8. The Morgan fingerprint density at radius 2 is 1.76 bits per heavy atom. The van der Waals surface area contributed by atoms with Gasteiger partial charge in [-0.05, 0) is 24.6 Å². The van der Waals surface area contributed by atoms with E-state index >= 15 is 0 Å². The number of nitro benzene ring substituents is 1. The molecule has 0 saturated carbocycles. The molecule has 0 unspecified atom stereocenters. The molecule has 8 nitrogen and oxygen atoms in total. The highest BCUT2D eigenvalue weighted by Gasteiger charge is 2.19. The van der Waals surface area contributed by atoms with Crippen LogP contribution in [0.3, 0.4) is 0 Å². The van der Waals surface area contributed by atoms with Crippen molar-refractivity contribution in [3.05, 3.63) is 74.7 Å². The average molecular weight is 395 g/mol. The first-order chi connectivity index (χ1) is 14.0. The molecular weight excluding hydrogens is 374 g/mol. The molecule has 3 aromatic rings. The molecule has 0 atom stereocenters. The number of carbonyl (C=O) groups is 1. The number of unbranched alkanes of at least 4 members (excludes halogenated alkanes) is 3. The number of nitro groups is 1. The minimum absolute atomic E-state index is 0.0362. The second-order valence-electron chi connectivity index (χ2n) is 6.62. The van der Waals surface area contributed by atoms with E-state index in [2.05, 4.69) is 12.0 Å². The molecular formula is C21H21N3O5. The van der Waals surface area contributed by atoms with Crippen LogP contribution >= 0.6 is 0 Å². The lowest BCUT2D eigenvalue weighted by molar-refractivity contribution is -0.384. The summed E-state index contributed by atoms with van der Waals surface area (Å²) in [5, 5.41) is 15.8. The van der Waals surface area contributed by atoms with Crippen LogP contribution in [-0.2, 0) is 6.54 Å². The molecule has 0 bridgehead atoms. The molecule has 1 heterocycles. The van der Waals surface area contributed by atoms with Crippen molar-refractivity contribution in [3.8, 4) is 5.75 Å². The maximum absolute atomic E-state index is 12.8. The number of aryl methyl sites for hydroxylation is 1. The Bertz CT molecular complexity index is 1090. The van der Waals surface area contributed by atoms with E-state index in [4.69, 9.17) is 4.74 Å². The van der Waals surface area contributed by atoms with Crippen molar-refractivity contribution < 1.29 is 14.5 Å². The number of benzene rings is 2. The molecule has 0 saturated heterocycles. The molecule has 3 rings (SSSR count). The lowest BCUT2D eigenvalue weighted by Crippen LogP contribution is -2.27. The lowest BCUT2D eigenvalue weighted by atomic mass is 10.1. The number of fused-ring (bicyclic) bond motifs is 1. The van der Waals surface area contributed by atoms with Crippen LogP contribution in [-0.4, -0.2) is 20.7 Å². The van der Waals surface area contributed by atoms with Gasteiger partial charge in [0, 0.05) is 24.1 Å². The molecule has 29 heavy (non-hydrogen) atoms. The summed E-state index contributed by atoms with van der Waals surface area (Å²) in [6.07, 6.45) is 3.90. The molecule has 150 valence electrons. The Labute approximate surface area is 166 Å². The van der Waals surface area contributed by atoms with Gasteiger partial charge in [0.15, 0.2) is 5.69 Å². The van der Waals surface area contributed by atoms with Gasteiger partial charge in [-0.15, -0.1) is 0 Å². The predicted octanol–water partition coefficient (Wildman–Crippen LogP) is 4.10. The van der Waals surface area contributed by atoms with Crippen LogP contribution < -0.4 is 10.3 Å². The summed E-state index contributed by atoms with van der Waals surface area (Å²) in [6.45, 7) is 2.52. The van der Waals surface area contributed by atoms with Crippen molar-refractivity contribution in [2.45, 2.75) is 39.2 Å². The number of esters is 1. The third-order valence-corrected chi connectivity index (χ3v) is 4.54. The van der Waals surface area contributed by atoms with Crippen molar-refractivity contribution in [3.63, 3.8) is 0 Å². The summed E-state index contributed by atoms with van der Waals surface area (Å²) < 4.78 is 6.65. The Hall–Kier alpha value is -3.55. The van der Waals surface area contributed by atoms with Crippen LogP contribution in [0.5, 0.6) is 5.75 Å². The second-order valence-corrected chi connectivity index (χ2v) is 6.62. The van der Waals surface area contributed by atoms with Crippen molar-refractivity contribution in [1.29, 1.82) is 0 Å². The van der Waals surface area contributed by atoms with E-state index in [-0.39, 0.29) is 22.7 Å². The fourth-order valence-corrected chi connectivity index (χ4v) is 3.02. The Kier molecular flexibility index (Phi) is 6.33. The number of hydrogen-bond donors (Lipinski definition) is 0. The molecule has 8 heteroatoms. The number of ether oxygens (including phenoxy) is 1. The van der Waals surface area contributed by atoms with Crippen LogP contribution in [0, 0.1) is 10.1 Å². The van der Waals surface area contributed by atoms with E-state index in [1.54, 1.807) is 24.3 Å². The van der Waals surface area contributed by atoms with Crippen LogP contribution in [0.2, 0.25) is 0 Å². The summed E-state index contributed by atoms with van der Waals surface area (Å²) in [4.78, 5) is 35.7. The Morgan fingerprint density at radius 1 is 1.07 bits per heavy atom. The molecule has 0 aliphatic heterocycles. The van der Waals surface area contributed by atoms with Crippen molar-refractivity contribution in [2.75, 3.05) is 0 Å². The molecule has 0 spiro atoms. The van der Waals surface area contributed by atoms with Crippen molar-refractivity contribution in [2.24, 2.45) is 0 Å². The first kappa shape index (κ1) is 20.2. The zero-order valence-corrected chi connectivity index (χ0v) is 16.0. The highest BCUT2D eigenvalue weighted by atomic mass is 16.6. The highest BCUT2D eigenvalue weighted by Crippen LogP contribution is 2.20.